The Kier molecular flexibility index (Phi) is 3.62. The monoisotopic (exact) mass is 369 g/mol. The third-order valence-corrected chi connectivity index (χ3v) is 4.86. The first-order valence-electron chi connectivity index (χ1n) is 8.05. The molecule has 1 aliphatic heterocycles. The van der Waals surface area contributed by atoms with Crippen LogP contribution in [0.25, 0.3) is 22.0 Å². The first-order valence-corrected chi connectivity index (χ1v) is 8.05. The van der Waals surface area contributed by atoms with Crippen LogP contribution in [-0.2, 0) is 13.2 Å². The Bertz CT molecular complexity index is 1080. The van der Waals surface area contributed by atoms with E-state index in [0.717, 1.165) is 30.6 Å². The minimum atomic E-state index is -4.75. The summed E-state index contributed by atoms with van der Waals surface area (Å²) >= 11 is 0. The summed E-state index contributed by atoms with van der Waals surface area (Å²) in [5.41, 5.74) is -1.18. The van der Waals surface area contributed by atoms with Crippen molar-refractivity contribution in [2.24, 2.45) is 7.05 Å². The molecule has 0 N–H and O–H groups in total. The third kappa shape index (κ3) is 2.49. The molecule has 9 heteroatoms. The van der Waals surface area contributed by atoms with Gasteiger partial charge >= 0.3 is 6.18 Å². The molecule has 5 nitrogen and oxygen atoms in total. The van der Waals surface area contributed by atoms with Crippen LogP contribution in [0.3, 0.4) is 0 Å². The molecule has 0 amide bonds. The van der Waals surface area contributed by atoms with Gasteiger partial charge in [0.15, 0.2) is 16.8 Å². The largest absolute Gasteiger partial charge is 0.458 e. The smallest absolute Gasteiger partial charge is 0.449 e. The van der Waals surface area contributed by atoms with E-state index in [2.05, 4.69) is 9.88 Å². The molecule has 1 aliphatic rings. The van der Waals surface area contributed by atoms with Crippen LogP contribution in [0.2, 0.25) is 0 Å². The SMILES string of the molecule is CN1CCC(c2cc(=O)c3cc(F)c4nc(C(F)(F)F)n(C)c4c3o2)C1. The highest BCUT2D eigenvalue weighted by Gasteiger charge is 2.38. The van der Waals surface area contributed by atoms with Gasteiger partial charge in [-0.2, -0.15) is 13.2 Å². The number of alkyl halides is 3. The number of benzene rings is 1. The maximum Gasteiger partial charge on any atom is 0.449 e. The van der Waals surface area contributed by atoms with E-state index in [1.165, 1.54) is 6.07 Å². The Labute approximate surface area is 144 Å². The summed E-state index contributed by atoms with van der Waals surface area (Å²) in [7, 11) is 3.07. The number of hydrogen-bond acceptors (Lipinski definition) is 4. The second kappa shape index (κ2) is 5.54. The zero-order valence-electron chi connectivity index (χ0n) is 14.0. The number of nitrogens with zero attached hydrogens (tertiary/aromatic N) is 3. The molecule has 3 heterocycles. The molecular weight excluding hydrogens is 354 g/mol. The van der Waals surface area contributed by atoms with Gasteiger partial charge in [0.05, 0.1) is 5.39 Å². The molecule has 0 bridgehead atoms. The second-order valence-electron chi connectivity index (χ2n) is 6.69. The number of hydrogen-bond donors (Lipinski definition) is 0. The quantitative estimate of drug-likeness (QED) is 0.618. The normalized spacial score (nSPS) is 19.1. The summed E-state index contributed by atoms with van der Waals surface area (Å²) in [6.07, 6.45) is -3.98. The van der Waals surface area contributed by atoms with Crippen LogP contribution in [0.4, 0.5) is 17.6 Å². The lowest BCUT2D eigenvalue weighted by atomic mass is 10.0. The number of fused-ring (bicyclic) bond motifs is 3. The predicted molar refractivity (Wildman–Crippen MR) is 86.6 cm³/mol. The van der Waals surface area contributed by atoms with Gasteiger partial charge in [0.2, 0.25) is 5.82 Å². The minimum Gasteiger partial charge on any atom is -0.458 e. The molecule has 1 fully saturated rings. The van der Waals surface area contributed by atoms with Gasteiger partial charge in [-0.3, -0.25) is 4.79 Å². The lowest BCUT2D eigenvalue weighted by Crippen LogP contribution is -2.14. The van der Waals surface area contributed by atoms with Crippen molar-refractivity contribution < 1.29 is 22.0 Å². The highest BCUT2D eigenvalue weighted by atomic mass is 19.4. The van der Waals surface area contributed by atoms with Gasteiger partial charge in [-0.25, -0.2) is 9.37 Å². The van der Waals surface area contributed by atoms with E-state index in [1.54, 1.807) is 0 Å². The van der Waals surface area contributed by atoms with Crippen LogP contribution >= 0.6 is 0 Å². The lowest BCUT2D eigenvalue weighted by Gasteiger charge is -2.11. The standard InChI is InChI=1S/C17H15F4N3O2/c1-23-4-3-8(7-23)12-6-11(25)9-5-10(18)13-14(15(9)26-12)24(2)16(22-13)17(19,20)21/h5-6,8H,3-4,7H2,1-2H3. The minimum absolute atomic E-state index is 0.0347. The molecule has 1 aromatic carbocycles. The second-order valence-corrected chi connectivity index (χ2v) is 6.69. The van der Waals surface area contributed by atoms with Gasteiger partial charge in [-0.1, -0.05) is 0 Å². The third-order valence-electron chi connectivity index (χ3n) is 4.86. The predicted octanol–water partition coefficient (Wildman–Crippen LogP) is 3.26. The molecule has 1 saturated heterocycles. The molecule has 0 saturated carbocycles. The Morgan fingerprint density at radius 1 is 1.27 bits per heavy atom. The molecule has 138 valence electrons. The van der Waals surface area contributed by atoms with Gasteiger partial charge in [-0.15, -0.1) is 0 Å². The molecule has 4 rings (SSSR count). The van der Waals surface area contributed by atoms with Crippen molar-refractivity contribution in [3.63, 3.8) is 0 Å². The number of imidazole rings is 1. The fourth-order valence-corrected chi connectivity index (χ4v) is 3.58. The number of likely N-dealkylation sites (tertiary alicyclic amines) is 1. The van der Waals surface area contributed by atoms with Gasteiger partial charge in [0, 0.05) is 25.6 Å². The molecule has 0 radical (unpaired) electrons. The fourth-order valence-electron chi connectivity index (χ4n) is 3.58. The van der Waals surface area contributed by atoms with Crippen molar-refractivity contribution in [2.45, 2.75) is 18.5 Å². The Balaban J connectivity index is 2.05. The maximum atomic E-state index is 14.3. The first-order chi connectivity index (χ1) is 12.2. The zero-order valence-corrected chi connectivity index (χ0v) is 14.0. The van der Waals surface area contributed by atoms with Gasteiger partial charge in [0.1, 0.15) is 16.8 Å². The van der Waals surface area contributed by atoms with Crippen LogP contribution in [-0.4, -0.2) is 34.6 Å². The van der Waals surface area contributed by atoms with Crippen molar-refractivity contribution in [1.29, 1.82) is 0 Å². The average Bonchev–Trinajstić information content (AvgIpc) is 3.12. The Morgan fingerprint density at radius 3 is 2.62 bits per heavy atom. The van der Waals surface area contributed by atoms with Gasteiger partial charge < -0.3 is 13.9 Å². The maximum absolute atomic E-state index is 14.3. The van der Waals surface area contributed by atoms with E-state index in [0.29, 0.717) is 12.3 Å². The van der Waals surface area contributed by atoms with E-state index >= 15 is 0 Å². The molecule has 1 atom stereocenters. The van der Waals surface area contributed by atoms with Crippen LogP contribution in [0.1, 0.15) is 23.9 Å². The van der Waals surface area contributed by atoms with Gasteiger partial charge in [-0.05, 0) is 26.1 Å². The number of likely N-dealkylation sites (N-methyl/N-ethyl adjacent to an activating group) is 1. The van der Waals surface area contributed by atoms with Crippen LogP contribution in [0.15, 0.2) is 21.3 Å². The highest BCUT2D eigenvalue weighted by Crippen LogP contribution is 2.35. The van der Waals surface area contributed by atoms with E-state index in [1.807, 2.05) is 7.05 Å². The topological polar surface area (TPSA) is 51.3 Å². The number of rotatable bonds is 1. The highest BCUT2D eigenvalue weighted by molar-refractivity contribution is 6.01. The first kappa shape index (κ1) is 17.0. The molecular formula is C17H15F4N3O2. The summed E-state index contributed by atoms with van der Waals surface area (Å²) in [6, 6.07) is 2.19. The van der Waals surface area contributed by atoms with Crippen molar-refractivity contribution in [3.8, 4) is 0 Å². The van der Waals surface area contributed by atoms with Crippen molar-refractivity contribution in [3.05, 3.63) is 39.8 Å². The number of aromatic nitrogens is 2. The Morgan fingerprint density at radius 2 is 2.00 bits per heavy atom. The molecule has 2 aromatic heterocycles. The molecule has 26 heavy (non-hydrogen) atoms. The van der Waals surface area contributed by atoms with E-state index in [-0.39, 0.29) is 22.4 Å². The zero-order chi connectivity index (χ0) is 18.8. The summed E-state index contributed by atoms with van der Waals surface area (Å²) in [5.74, 6) is -1.87. The van der Waals surface area contributed by atoms with E-state index in [4.69, 9.17) is 4.42 Å². The van der Waals surface area contributed by atoms with Crippen LogP contribution in [0, 0.1) is 5.82 Å². The average molecular weight is 369 g/mol. The molecule has 3 aromatic rings. The summed E-state index contributed by atoms with van der Waals surface area (Å²) in [5, 5.41) is -0.0955. The molecule has 0 aliphatic carbocycles. The molecule has 1 unspecified atom stereocenters. The fraction of sp³-hybridized carbons (Fsp3) is 0.412. The summed E-state index contributed by atoms with van der Waals surface area (Å²) in [6.45, 7) is 1.51. The Hall–Kier alpha value is -2.42. The van der Waals surface area contributed by atoms with Crippen LogP contribution in [0.5, 0.6) is 0 Å². The van der Waals surface area contributed by atoms with Crippen molar-refractivity contribution in [2.75, 3.05) is 20.1 Å². The van der Waals surface area contributed by atoms with E-state index in [9.17, 15) is 22.4 Å². The number of halogens is 4. The van der Waals surface area contributed by atoms with Crippen LogP contribution < -0.4 is 5.43 Å². The lowest BCUT2D eigenvalue weighted by molar-refractivity contribution is -0.146. The summed E-state index contributed by atoms with van der Waals surface area (Å²) < 4.78 is 60.3. The van der Waals surface area contributed by atoms with Crippen molar-refractivity contribution >= 4 is 22.0 Å². The van der Waals surface area contributed by atoms with Crippen molar-refractivity contribution in [1.82, 2.24) is 14.5 Å². The summed E-state index contributed by atoms with van der Waals surface area (Å²) in [4.78, 5) is 17.9. The van der Waals surface area contributed by atoms with E-state index < -0.39 is 28.8 Å². The van der Waals surface area contributed by atoms with Gasteiger partial charge in [0.25, 0.3) is 0 Å². The number of aryl methyl sites for hydroxylation is 1. The molecule has 0 spiro atoms.